The summed E-state index contributed by atoms with van der Waals surface area (Å²) < 4.78 is 2.25. The number of nitrogens with one attached hydrogen (secondary N) is 1. The summed E-state index contributed by atoms with van der Waals surface area (Å²) in [5, 5.41) is 4.10. The van der Waals surface area contributed by atoms with Crippen molar-refractivity contribution in [3.63, 3.8) is 0 Å². The van der Waals surface area contributed by atoms with Crippen molar-refractivity contribution in [1.29, 1.82) is 0 Å². The highest BCUT2D eigenvalue weighted by Gasteiger charge is 2.07. The molecule has 4 aromatic rings. The Labute approximate surface area is 202 Å². The number of hydrogen-bond acceptors (Lipinski definition) is 6. The van der Waals surface area contributed by atoms with E-state index < -0.39 is 0 Å². The maximum absolute atomic E-state index is 12.4. The average Bonchev–Trinajstić information content (AvgIpc) is 3.28. The zero-order valence-electron chi connectivity index (χ0n) is 18.7. The Bertz CT molecular complexity index is 1200. The monoisotopic (exact) mass is 474 g/mol. The van der Waals surface area contributed by atoms with Gasteiger partial charge >= 0.3 is 0 Å². The van der Waals surface area contributed by atoms with E-state index in [0.717, 1.165) is 39.8 Å². The Morgan fingerprint density at radius 3 is 2.45 bits per heavy atom. The number of rotatable bonds is 9. The molecule has 7 heteroatoms. The number of aromatic nitrogens is 1. The molecule has 0 bridgehead atoms. The van der Waals surface area contributed by atoms with Crippen LogP contribution in [-0.4, -0.2) is 30.2 Å². The van der Waals surface area contributed by atoms with Crippen LogP contribution in [0, 0.1) is 0 Å². The van der Waals surface area contributed by atoms with E-state index in [1.54, 1.807) is 29.3 Å². The number of hydrogen-bond donors (Lipinski definition) is 1. The fourth-order valence-corrected chi connectivity index (χ4v) is 5.42. The van der Waals surface area contributed by atoms with Crippen LogP contribution in [0.1, 0.15) is 35.3 Å². The van der Waals surface area contributed by atoms with Gasteiger partial charge in [-0.3, -0.25) is 4.79 Å². The van der Waals surface area contributed by atoms with Gasteiger partial charge < -0.3 is 4.90 Å². The third-order valence-corrected chi connectivity index (χ3v) is 7.50. The maximum Gasteiger partial charge on any atom is 0.271 e. The van der Waals surface area contributed by atoms with Gasteiger partial charge in [0.15, 0.2) is 4.34 Å². The molecule has 1 N–H and O–H groups in total. The lowest BCUT2D eigenvalue weighted by Crippen LogP contribution is -2.21. The van der Waals surface area contributed by atoms with E-state index in [4.69, 9.17) is 0 Å². The van der Waals surface area contributed by atoms with Crippen molar-refractivity contribution in [2.45, 2.75) is 23.9 Å². The molecule has 1 heterocycles. The fourth-order valence-electron chi connectivity index (χ4n) is 3.40. The highest BCUT2D eigenvalue weighted by Crippen LogP contribution is 2.31. The second-order valence-corrected chi connectivity index (χ2v) is 9.65. The summed E-state index contributed by atoms with van der Waals surface area (Å²) in [4.78, 5) is 19.3. The molecule has 0 fully saturated rings. The summed E-state index contributed by atoms with van der Waals surface area (Å²) in [5.41, 5.74) is 7.49. The smallest absolute Gasteiger partial charge is 0.271 e. The van der Waals surface area contributed by atoms with E-state index >= 15 is 0 Å². The first-order valence-electron chi connectivity index (χ1n) is 10.9. The number of nitrogens with zero attached hydrogens (tertiary/aromatic N) is 3. The molecule has 1 amide bonds. The first kappa shape index (κ1) is 23.0. The van der Waals surface area contributed by atoms with Crippen LogP contribution in [0.2, 0.25) is 0 Å². The van der Waals surface area contributed by atoms with E-state index in [1.165, 1.54) is 10.4 Å². The summed E-state index contributed by atoms with van der Waals surface area (Å²) in [5.74, 6) is 0.583. The Morgan fingerprint density at radius 1 is 1.03 bits per heavy atom. The molecule has 3 aromatic carbocycles. The summed E-state index contributed by atoms with van der Waals surface area (Å²) in [7, 11) is 0. The molecule has 0 saturated carbocycles. The predicted octanol–water partition coefficient (Wildman–Crippen LogP) is 6.20. The molecule has 1 aromatic heterocycles. The highest BCUT2D eigenvalue weighted by molar-refractivity contribution is 8.00. The van der Waals surface area contributed by atoms with Crippen molar-refractivity contribution >= 4 is 51.1 Å². The number of benzene rings is 3. The van der Waals surface area contributed by atoms with Gasteiger partial charge in [0.25, 0.3) is 5.91 Å². The lowest BCUT2D eigenvalue weighted by atomic mass is 10.1. The summed E-state index contributed by atoms with van der Waals surface area (Å²) in [6.45, 7) is 6.23. The summed E-state index contributed by atoms with van der Waals surface area (Å²) in [6, 6.07) is 23.9. The van der Waals surface area contributed by atoms with Crippen LogP contribution >= 0.6 is 23.1 Å². The van der Waals surface area contributed by atoms with Crippen molar-refractivity contribution in [1.82, 2.24) is 10.4 Å². The van der Waals surface area contributed by atoms with Gasteiger partial charge in [0.05, 0.1) is 16.4 Å². The molecule has 0 aliphatic rings. The third-order valence-electron chi connectivity index (χ3n) is 5.25. The van der Waals surface area contributed by atoms with Gasteiger partial charge in [-0.25, -0.2) is 10.4 Å². The number of carbonyl (C=O) groups is 1. The second-order valence-electron chi connectivity index (χ2n) is 7.40. The quantitative estimate of drug-likeness (QED) is 0.178. The van der Waals surface area contributed by atoms with Gasteiger partial charge in [-0.1, -0.05) is 48.2 Å². The van der Waals surface area contributed by atoms with Crippen LogP contribution in [0.4, 0.5) is 5.69 Å². The fraction of sp³-hybridized carbons (Fsp3) is 0.192. The lowest BCUT2D eigenvalue weighted by molar-refractivity contribution is 0.0955. The van der Waals surface area contributed by atoms with Gasteiger partial charge in [0, 0.05) is 30.1 Å². The van der Waals surface area contributed by atoms with Crippen molar-refractivity contribution in [3.8, 4) is 0 Å². The Balaban J connectivity index is 1.29. The number of carbonyl (C=O) groups excluding carboxylic acids is 1. The van der Waals surface area contributed by atoms with Crippen molar-refractivity contribution in [2.75, 3.05) is 18.0 Å². The van der Waals surface area contributed by atoms with Crippen LogP contribution in [0.25, 0.3) is 10.2 Å². The van der Waals surface area contributed by atoms with Crippen LogP contribution in [-0.2, 0) is 5.75 Å². The summed E-state index contributed by atoms with van der Waals surface area (Å²) in [6.07, 6.45) is 1.66. The maximum atomic E-state index is 12.4. The topological polar surface area (TPSA) is 57.6 Å². The minimum atomic E-state index is -0.226. The molecule has 5 nitrogen and oxygen atoms in total. The number of amides is 1. The normalized spacial score (nSPS) is 11.2. The average molecular weight is 475 g/mol. The number of thioether (sulfide) groups is 1. The van der Waals surface area contributed by atoms with E-state index in [0.29, 0.717) is 5.56 Å². The number of thiazole rings is 1. The molecule has 0 aliphatic carbocycles. The van der Waals surface area contributed by atoms with Gasteiger partial charge in [-0.15, -0.1) is 11.3 Å². The Hall–Kier alpha value is -3.16. The molecule has 33 heavy (non-hydrogen) atoms. The predicted molar refractivity (Wildman–Crippen MR) is 141 cm³/mol. The molecular weight excluding hydrogens is 448 g/mol. The van der Waals surface area contributed by atoms with Crippen molar-refractivity contribution < 1.29 is 4.79 Å². The first-order valence-corrected chi connectivity index (χ1v) is 12.7. The van der Waals surface area contributed by atoms with Crippen molar-refractivity contribution in [3.05, 3.63) is 89.5 Å². The SMILES string of the molecule is CCN(CC)c1ccc(C=NNC(=O)c2ccc(CSc3nc4ccccc4s3)cc2)cc1. The van der Waals surface area contributed by atoms with Crippen LogP contribution < -0.4 is 10.3 Å². The number of hydrazone groups is 1. The van der Waals surface area contributed by atoms with Crippen LogP contribution in [0.15, 0.2) is 82.2 Å². The van der Waals surface area contributed by atoms with E-state index in [1.807, 2.05) is 54.6 Å². The van der Waals surface area contributed by atoms with Gasteiger partial charge in [-0.2, -0.15) is 5.10 Å². The van der Waals surface area contributed by atoms with Gasteiger partial charge in [-0.05, 0) is 61.4 Å². The molecule has 0 radical (unpaired) electrons. The first-order chi connectivity index (χ1) is 16.2. The number of para-hydroxylation sites is 1. The molecule has 0 unspecified atom stereocenters. The molecule has 0 saturated heterocycles. The number of fused-ring (bicyclic) bond motifs is 1. The molecule has 0 spiro atoms. The van der Waals surface area contributed by atoms with Crippen LogP contribution in [0.3, 0.4) is 0 Å². The molecule has 0 atom stereocenters. The minimum Gasteiger partial charge on any atom is -0.372 e. The van der Waals surface area contributed by atoms with Crippen LogP contribution in [0.5, 0.6) is 0 Å². The van der Waals surface area contributed by atoms with Crippen molar-refractivity contribution in [2.24, 2.45) is 5.10 Å². The largest absolute Gasteiger partial charge is 0.372 e. The molecule has 0 aliphatic heterocycles. The lowest BCUT2D eigenvalue weighted by Gasteiger charge is -2.20. The molecular formula is C26H26N4OS2. The standard InChI is InChI=1S/C26H26N4OS2/c1-3-30(4-2)22-15-11-19(12-16-22)17-27-29-25(31)21-13-9-20(10-14-21)18-32-26-28-23-7-5-6-8-24(23)33-26/h5-17H,3-4,18H2,1-2H3,(H,29,31). The molecule has 168 valence electrons. The van der Waals surface area contributed by atoms with E-state index in [2.05, 4.69) is 52.5 Å². The van der Waals surface area contributed by atoms with E-state index in [-0.39, 0.29) is 5.91 Å². The number of anilines is 1. The van der Waals surface area contributed by atoms with E-state index in [9.17, 15) is 4.79 Å². The zero-order valence-corrected chi connectivity index (χ0v) is 20.3. The molecule has 4 rings (SSSR count). The zero-order chi connectivity index (χ0) is 23.0. The van der Waals surface area contributed by atoms with Gasteiger partial charge in [0.2, 0.25) is 0 Å². The van der Waals surface area contributed by atoms with Gasteiger partial charge in [0.1, 0.15) is 0 Å². The second kappa shape index (κ2) is 11.1. The Morgan fingerprint density at radius 2 is 1.76 bits per heavy atom. The Kier molecular flexibility index (Phi) is 7.75. The highest BCUT2D eigenvalue weighted by atomic mass is 32.2. The summed E-state index contributed by atoms with van der Waals surface area (Å²) >= 11 is 3.42. The minimum absolute atomic E-state index is 0.226. The third kappa shape index (κ3) is 6.00.